The van der Waals surface area contributed by atoms with E-state index in [2.05, 4.69) is 10.5 Å². The van der Waals surface area contributed by atoms with Crippen LogP contribution in [-0.4, -0.2) is 34.6 Å². The number of ether oxygens (including phenoxy) is 1. The summed E-state index contributed by atoms with van der Waals surface area (Å²) in [5.41, 5.74) is 5.54. The van der Waals surface area contributed by atoms with Gasteiger partial charge >= 0.3 is 0 Å². The molecule has 1 aromatic heterocycles. The molecular weight excluding hydrogens is 332 g/mol. The average Bonchev–Trinajstić information content (AvgIpc) is 3.09. The number of carbonyl (C=O) groups is 1. The quantitative estimate of drug-likeness (QED) is 0.755. The number of nitrogens with one attached hydrogen (secondary N) is 1. The van der Waals surface area contributed by atoms with E-state index in [1.807, 2.05) is 30.3 Å². The Bertz CT molecular complexity index is 950. The number of methoxy groups -OCH3 is 1. The predicted molar refractivity (Wildman–Crippen MR) is 97.7 cm³/mol. The van der Waals surface area contributed by atoms with Crippen molar-refractivity contribution in [1.29, 1.82) is 0 Å². The van der Waals surface area contributed by atoms with Crippen molar-refractivity contribution in [1.82, 2.24) is 9.89 Å². The monoisotopic (exact) mass is 350 g/mol. The van der Waals surface area contributed by atoms with Crippen molar-refractivity contribution in [3.63, 3.8) is 0 Å². The molecule has 2 aromatic carbocycles. The van der Waals surface area contributed by atoms with Crippen LogP contribution in [0.15, 0.2) is 54.6 Å². The molecule has 7 nitrogen and oxygen atoms in total. The van der Waals surface area contributed by atoms with Crippen LogP contribution in [0.3, 0.4) is 0 Å². The van der Waals surface area contributed by atoms with Gasteiger partial charge in [0.1, 0.15) is 18.0 Å². The maximum atomic E-state index is 12.5. The van der Waals surface area contributed by atoms with Gasteiger partial charge in [0.05, 0.1) is 19.3 Å². The number of carbonyl (C=O) groups excluding carboxylic acids is 1. The number of hydrogen-bond acceptors (Lipinski definition) is 5. The third kappa shape index (κ3) is 2.95. The highest BCUT2D eigenvalue weighted by Crippen LogP contribution is 2.28. The van der Waals surface area contributed by atoms with Crippen LogP contribution in [-0.2, 0) is 11.3 Å². The summed E-state index contributed by atoms with van der Waals surface area (Å²) >= 11 is 0. The number of rotatable bonds is 4. The van der Waals surface area contributed by atoms with E-state index in [-0.39, 0.29) is 18.2 Å². The lowest BCUT2D eigenvalue weighted by atomic mass is 10.1. The normalized spacial score (nSPS) is 13.3. The Morgan fingerprint density at radius 3 is 2.77 bits per heavy atom. The van der Waals surface area contributed by atoms with Gasteiger partial charge in [-0.15, -0.1) is 0 Å². The lowest BCUT2D eigenvalue weighted by molar-refractivity contribution is -0.117. The minimum absolute atomic E-state index is 0.0301. The highest BCUT2D eigenvalue weighted by Gasteiger charge is 2.26. The molecule has 0 bridgehead atoms. The van der Waals surface area contributed by atoms with Gasteiger partial charge in [-0.3, -0.25) is 15.1 Å². The first-order valence-corrected chi connectivity index (χ1v) is 8.21. The summed E-state index contributed by atoms with van der Waals surface area (Å²) in [6.07, 6.45) is 0. The number of anilines is 1. The van der Waals surface area contributed by atoms with E-state index in [9.17, 15) is 9.90 Å². The van der Waals surface area contributed by atoms with Crippen molar-refractivity contribution < 1.29 is 14.6 Å². The molecule has 1 aliphatic heterocycles. The standard InChI is InChI=1S/C19H18N4O3/c1-26-16-4-2-3-13(9-16)12-22-18-10-17(14-5-7-15(24)8-6-14)21-23(18)20-11-19(22)25/h2-10,20,24H,11-12H2,1H3. The second-order valence-electron chi connectivity index (χ2n) is 6.01. The largest absolute Gasteiger partial charge is 0.508 e. The second-order valence-corrected chi connectivity index (χ2v) is 6.01. The molecule has 1 aliphatic rings. The molecule has 3 aromatic rings. The van der Waals surface area contributed by atoms with Gasteiger partial charge in [0.25, 0.3) is 0 Å². The van der Waals surface area contributed by atoms with Gasteiger partial charge in [0.2, 0.25) is 5.91 Å². The fourth-order valence-electron chi connectivity index (χ4n) is 2.94. The molecule has 0 unspecified atom stereocenters. The third-order valence-corrected chi connectivity index (χ3v) is 4.29. The van der Waals surface area contributed by atoms with Crippen LogP contribution >= 0.6 is 0 Å². The Hall–Kier alpha value is -3.48. The number of hydrogen-bond donors (Lipinski definition) is 2. The second kappa shape index (κ2) is 6.44. The maximum absolute atomic E-state index is 12.5. The summed E-state index contributed by atoms with van der Waals surface area (Å²) in [5, 5.41) is 14.0. The molecule has 1 amide bonds. The highest BCUT2D eigenvalue weighted by atomic mass is 16.5. The van der Waals surface area contributed by atoms with Crippen molar-refractivity contribution in [3.05, 3.63) is 60.2 Å². The Labute approximate surface area is 150 Å². The molecule has 0 aliphatic carbocycles. The average molecular weight is 350 g/mol. The molecule has 0 spiro atoms. The molecule has 7 heteroatoms. The van der Waals surface area contributed by atoms with Crippen LogP contribution < -0.4 is 15.1 Å². The molecular formula is C19H18N4O3. The van der Waals surface area contributed by atoms with Crippen molar-refractivity contribution in [2.24, 2.45) is 0 Å². The number of nitrogens with zero attached hydrogens (tertiary/aromatic N) is 3. The summed E-state index contributed by atoms with van der Waals surface area (Å²) in [4.78, 5) is 15.8. The van der Waals surface area contributed by atoms with Gasteiger partial charge in [0, 0.05) is 11.6 Å². The lowest BCUT2D eigenvalue weighted by Gasteiger charge is -2.28. The Balaban J connectivity index is 1.67. The molecule has 0 atom stereocenters. The third-order valence-electron chi connectivity index (χ3n) is 4.29. The van der Waals surface area contributed by atoms with Gasteiger partial charge in [-0.05, 0) is 42.0 Å². The predicted octanol–water partition coefficient (Wildman–Crippen LogP) is 2.35. The van der Waals surface area contributed by atoms with Crippen molar-refractivity contribution >= 4 is 11.7 Å². The summed E-state index contributed by atoms with van der Waals surface area (Å²) in [7, 11) is 1.62. The van der Waals surface area contributed by atoms with Gasteiger partial charge in [-0.1, -0.05) is 12.1 Å². The van der Waals surface area contributed by atoms with Crippen molar-refractivity contribution in [3.8, 4) is 22.8 Å². The molecule has 0 fully saturated rings. The van der Waals surface area contributed by atoms with Crippen LogP contribution in [0, 0.1) is 0 Å². The van der Waals surface area contributed by atoms with Crippen molar-refractivity contribution in [2.75, 3.05) is 24.0 Å². The molecule has 2 N–H and O–H groups in total. The summed E-state index contributed by atoms with van der Waals surface area (Å²) in [5.74, 6) is 1.60. The Morgan fingerprint density at radius 1 is 1.19 bits per heavy atom. The van der Waals surface area contributed by atoms with Gasteiger partial charge in [0.15, 0.2) is 5.82 Å². The Kier molecular flexibility index (Phi) is 3.96. The zero-order valence-corrected chi connectivity index (χ0v) is 14.2. The molecule has 0 saturated heterocycles. The van der Waals surface area contributed by atoms with Crippen LogP contribution in [0.2, 0.25) is 0 Å². The first kappa shape index (κ1) is 16.0. The van der Waals surface area contributed by atoms with Crippen LogP contribution in [0.1, 0.15) is 5.56 Å². The van der Waals surface area contributed by atoms with E-state index in [4.69, 9.17) is 4.74 Å². The number of aromatic nitrogens is 2. The first-order chi connectivity index (χ1) is 12.6. The summed E-state index contributed by atoms with van der Waals surface area (Å²) < 4.78 is 5.26. The fourth-order valence-corrected chi connectivity index (χ4v) is 2.94. The van der Waals surface area contributed by atoms with Crippen molar-refractivity contribution in [2.45, 2.75) is 6.54 Å². The minimum atomic E-state index is -0.0301. The van der Waals surface area contributed by atoms with E-state index >= 15 is 0 Å². The molecule has 132 valence electrons. The SMILES string of the molecule is COc1cccc(CN2C(=O)CNn3nc(-c4ccc(O)cc4)cc32)c1. The van der Waals surface area contributed by atoms with E-state index in [0.29, 0.717) is 12.4 Å². The number of aromatic hydroxyl groups is 1. The van der Waals surface area contributed by atoms with E-state index in [0.717, 1.165) is 22.6 Å². The molecule has 0 saturated carbocycles. The molecule has 4 rings (SSSR count). The van der Waals surface area contributed by atoms with Crippen LogP contribution in [0.4, 0.5) is 5.82 Å². The lowest BCUT2D eigenvalue weighted by Crippen LogP contribution is -2.44. The number of phenols is 1. The molecule has 26 heavy (non-hydrogen) atoms. The summed E-state index contributed by atoms with van der Waals surface area (Å²) in [6, 6.07) is 16.3. The minimum Gasteiger partial charge on any atom is -0.508 e. The van der Waals surface area contributed by atoms with Gasteiger partial charge in [-0.25, -0.2) is 0 Å². The number of amides is 1. The highest BCUT2D eigenvalue weighted by molar-refractivity contribution is 5.96. The first-order valence-electron chi connectivity index (χ1n) is 8.21. The maximum Gasteiger partial charge on any atom is 0.249 e. The number of benzene rings is 2. The fraction of sp³-hybridized carbons (Fsp3) is 0.158. The van der Waals surface area contributed by atoms with Crippen LogP contribution in [0.5, 0.6) is 11.5 Å². The van der Waals surface area contributed by atoms with Crippen LogP contribution in [0.25, 0.3) is 11.3 Å². The number of fused-ring (bicyclic) bond motifs is 1. The van der Waals surface area contributed by atoms with E-state index in [1.165, 1.54) is 0 Å². The molecule has 2 heterocycles. The smallest absolute Gasteiger partial charge is 0.249 e. The number of phenolic OH excluding ortho intramolecular Hbond substituents is 1. The van der Waals surface area contributed by atoms with Gasteiger partial charge in [-0.2, -0.15) is 9.89 Å². The molecule has 0 radical (unpaired) electrons. The van der Waals surface area contributed by atoms with Gasteiger partial charge < -0.3 is 9.84 Å². The Morgan fingerprint density at radius 2 is 2.00 bits per heavy atom. The van der Waals surface area contributed by atoms with E-state index in [1.54, 1.807) is 41.1 Å². The topological polar surface area (TPSA) is 79.6 Å². The zero-order chi connectivity index (χ0) is 18.1. The summed E-state index contributed by atoms with van der Waals surface area (Å²) in [6.45, 7) is 0.603. The van der Waals surface area contributed by atoms with E-state index < -0.39 is 0 Å². The zero-order valence-electron chi connectivity index (χ0n) is 14.2.